The Morgan fingerprint density at radius 2 is 1.51 bits per heavy atom. The van der Waals surface area contributed by atoms with Gasteiger partial charge in [-0.2, -0.15) is 0 Å². The number of nitrogens with two attached hydrogens (primary N) is 1. The van der Waals surface area contributed by atoms with Gasteiger partial charge in [0.25, 0.3) is 5.56 Å². The number of carboxylic acid groups (broad SMARTS) is 2. The fourth-order valence-corrected chi connectivity index (χ4v) is 6.25. The van der Waals surface area contributed by atoms with Crippen molar-refractivity contribution in [3.63, 3.8) is 0 Å². The minimum atomic E-state index is -1.79. The number of halogens is 1. The second-order valence-corrected chi connectivity index (χ2v) is 13.3. The smallest absolute Gasteiger partial charge is 0.333 e. The number of hydrogen-bond acceptors (Lipinski definition) is 13. The van der Waals surface area contributed by atoms with E-state index in [1.807, 2.05) is 12.4 Å². The van der Waals surface area contributed by atoms with Crippen molar-refractivity contribution < 1.29 is 29.6 Å². The van der Waals surface area contributed by atoms with Crippen LogP contribution in [0.1, 0.15) is 19.3 Å². The van der Waals surface area contributed by atoms with E-state index in [2.05, 4.69) is 97.7 Å². The Morgan fingerprint density at radius 1 is 0.803 bits per heavy atom. The third-order valence-electron chi connectivity index (χ3n) is 8.88. The summed E-state index contributed by atoms with van der Waals surface area (Å²) in [5, 5.41) is 27.1. The molecular weight excluding hydrogens is 810 g/mol. The first kappa shape index (κ1) is 42.8. The first-order valence-corrected chi connectivity index (χ1v) is 18.9. The van der Waals surface area contributed by atoms with E-state index >= 15 is 0 Å². The summed E-state index contributed by atoms with van der Waals surface area (Å²) in [6, 6.07) is 20.1. The minimum Gasteiger partial charge on any atom is -0.491 e. The summed E-state index contributed by atoms with van der Waals surface area (Å²) < 4.78 is 11.5. The van der Waals surface area contributed by atoms with Crippen LogP contribution in [0.4, 0.5) is 11.8 Å². The molecule has 0 saturated carbocycles. The first-order valence-electron chi connectivity index (χ1n) is 18.6. The molecule has 2 atom stereocenters. The van der Waals surface area contributed by atoms with E-state index in [-0.39, 0.29) is 5.56 Å². The van der Waals surface area contributed by atoms with E-state index in [1.165, 1.54) is 33.9 Å². The van der Waals surface area contributed by atoms with Crippen LogP contribution < -0.4 is 20.9 Å². The quantitative estimate of drug-likeness (QED) is 0.122. The van der Waals surface area contributed by atoms with Gasteiger partial charge in [-0.1, -0.05) is 48.0 Å². The van der Waals surface area contributed by atoms with Crippen LogP contribution in [0.15, 0.2) is 134 Å². The fourth-order valence-electron chi connectivity index (χ4n) is 6.06. The van der Waals surface area contributed by atoms with Gasteiger partial charge in [0.05, 0.1) is 12.5 Å². The van der Waals surface area contributed by atoms with Crippen molar-refractivity contribution in [2.75, 3.05) is 23.8 Å². The van der Waals surface area contributed by atoms with Gasteiger partial charge in [0.2, 0.25) is 17.3 Å². The molecule has 7 N–H and O–H groups in total. The number of rotatable bonds is 7. The maximum absolute atomic E-state index is 10.9. The van der Waals surface area contributed by atoms with Gasteiger partial charge < -0.3 is 40.7 Å². The van der Waals surface area contributed by atoms with E-state index in [4.69, 9.17) is 37.4 Å². The molecule has 0 radical (unpaired) electrons. The lowest BCUT2D eigenvalue weighted by atomic mass is 10.1. The van der Waals surface area contributed by atoms with Gasteiger partial charge in [-0.05, 0) is 36.4 Å². The highest BCUT2D eigenvalue weighted by molar-refractivity contribution is 6.29. The first-order chi connectivity index (χ1) is 29.6. The lowest BCUT2D eigenvalue weighted by Crippen LogP contribution is -2.35. The largest absolute Gasteiger partial charge is 0.491 e. The van der Waals surface area contributed by atoms with Gasteiger partial charge in [-0.15, -0.1) is 0 Å². The Bertz CT molecular complexity index is 2850. The highest BCUT2D eigenvalue weighted by Gasteiger charge is 2.27. The zero-order valence-corrected chi connectivity index (χ0v) is 33.0. The van der Waals surface area contributed by atoms with Crippen LogP contribution in [0.5, 0.6) is 5.75 Å². The molecule has 0 amide bonds. The summed E-state index contributed by atoms with van der Waals surface area (Å²) >= 11 is 5.78. The van der Waals surface area contributed by atoms with Crippen molar-refractivity contribution in [2.24, 2.45) is 0 Å². The van der Waals surface area contributed by atoms with Gasteiger partial charge in [-0.25, -0.2) is 34.7 Å². The molecule has 1 aliphatic rings. The monoisotopic (exact) mass is 849 g/mol. The van der Waals surface area contributed by atoms with E-state index in [1.54, 1.807) is 60.0 Å². The number of ether oxygens (including phenoxy) is 1. The number of nitrogen functional groups attached to an aromatic ring is 1. The Hall–Kier alpha value is -7.84. The molecule has 1 saturated heterocycles. The van der Waals surface area contributed by atoms with Crippen molar-refractivity contribution >= 4 is 63.4 Å². The Labute approximate surface area is 350 Å². The number of anilines is 2. The molecule has 20 nitrogen and oxygen atoms in total. The molecule has 21 heteroatoms. The number of aliphatic carboxylic acids is 2. The number of benzene rings is 2. The van der Waals surface area contributed by atoms with Gasteiger partial charge >= 0.3 is 11.9 Å². The molecule has 0 bridgehead atoms. The lowest BCUT2D eigenvalue weighted by molar-refractivity contribution is -0.152. The number of aromatic nitrogens is 11. The van der Waals surface area contributed by atoms with Gasteiger partial charge in [-0.3, -0.25) is 22.8 Å². The summed E-state index contributed by atoms with van der Waals surface area (Å²) in [6.07, 6.45) is 18.5. The van der Waals surface area contributed by atoms with Crippen molar-refractivity contribution in [1.82, 2.24) is 53.1 Å². The van der Waals surface area contributed by atoms with Crippen molar-refractivity contribution in [3.8, 4) is 5.75 Å². The normalized spacial score (nSPS) is 13.5. The Morgan fingerprint density at radius 3 is 2.18 bits per heavy atom. The summed E-state index contributed by atoms with van der Waals surface area (Å²) in [5.41, 5.74) is 5.05. The standard InChI is InChI=1S/C21H20N4O.C6H4ClN3.C6H5N3O.C4H6O5.C3H5N3/c1-2-8-18-16(5-1)6-3-9-19(18)26-15-17-7-4-13-24(17)20-10-11-22-21-23-12-14-25(20)21;7-5-1-2-8-6-9-3-4-10(5)6;10-5-1-2-7-6-8-3-4-9(5)6;5-2(4(8)9)1-3(6)7;4-3-5-1-2-6-3/h1-3,5-6,8-12,14,17H,4,7,13,15H2;1-4H;1-4H,(H,7,8);2,5H,1H2,(H,6,7)(H,8,9);1-2H,(H3,4,5,6)/t17-;;;;/m1..../s1. The third-order valence-corrected chi connectivity index (χ3v) is 9.18. The molecule has 8 heterocycles. The molecule has 1 aliphatic heterocycles. The fraction of sp³-hybridized carbons (Fsp3) is 0.175. The van der Waals surface area contributed by atoms with Gasteiger partial charge in [0, 0.05) is 86.2 Å². The number of H-pyrrole nitrogens is 2. The maximum Gasteiger partial charge on any atom is 0.333 e. The summed E-state index contributed by atoms with van der Waals surface area (Å²) in [5.74, 6) is 1.66. The summed E-state index contributed by atoms with van der Waals surface area (Å²) in [7, 11) is 0. The average Bonchev–Trinajstić information content (AvgIpc) is 4.12. The number of carbonyl (C=O) groups is 2. The Balaban J connectivity index is 0.000000146. The van der Waals surface area contributed by atoms with Crippen molar-refractivity contribution in [2.45, 2.75) is 31.4 Å². The number of nitrogens with zero attached hydrogens (tertiary/aromatic N) is 10. The van der Waals surface area contributed by atoms with Crippen molar-refractivity contribution in [1.29, 1.82) is 0 Å². The number of aromatic amines is 2. The van der Waals surface area contributed by atoms with E-state index < -0.39 is 24.5 Å². The Kier molecular flexibility index (Phi) is 14.5. The molecule has 0 spiro atoms. The predicted octanol–water partition coefficient (Wildman–Crippen LogP) is 4.23. The molecule has 61 heavy (non-hydrogen) atoms. The van der Waals surface area contributed by atoms with Gasteiger partial charge in [0.1, 0.15) is 23.3 Å². The molecular formula is C40H40ClN13O7. The lowest BCUT2D eigenvalue weighted by Gasteiger charge is -2.27. The third kappa shape index (κ3) is 11.4. The molecule has 0 aliphatic carbocycles. The van der Waals surface area contributed by atoms with E-state index in [0.29, 0.717) is 35.3 Å². The second kappa shape index (κ2) is 20.7. The summed E-state index contributed by atoms with van der Waals surface area (Å²) in [4.78, 5) is 62.3. The molecule has 2 aromatic carbocycles. The average molecular weight is 850 g/mol. The number of fused-ring (bicyclic) bond motifs is 4. The van der Waals surface area contributed by atoms with Crippen LogP contribution >= 0.6 is 11.6 Å². The molecule has 314 valence electrons. The van der Waals surface area contributed by atoms with E-state index in [9.17, 15) is 14.4 Å². The maximum atomic E-state index is 10.9. The van der Waals surface area contributed by atoms with Crippen LogP contribution in [-0.4, -0.2) is 106 Å². The molecule has 1 unspecified atom stereocenters. The SMILES string of the molecule is Clc1ccnc2nccn12.Nc1ncc[nH]1.O=C(O)CC(O)C(=O)O.O=c1ccnc2[nH]ccn12.c1ccc2c(OC[C@H]3CCCN3c3ccnc4nccn34)cccc2c1. The highest BCUT2D eigenvalue weighted by atomic mass is 35.5. The number of carboxylic acids is 2. The number of aliphatic hydroxyl groups excluding tert-OH is 1. The number of aliphatic hydroxyl groups is 1. The summed E-state index contributed by atoms with van der Waals surface area (Å²) in [6.45, 7) is 1.70. The zero-order chi connectivity index (χ0) is 43.1. The van der Waals surface area contributed by atoms with Crippen LogP contribution in [0.2, 0.25) is 5.15 Å². The van der Waals surface area contributed by atoms with Crippen LogP contribution in [0.3, 0.4) is 0 Å². The van der Waals surface area contributed by atoms with Crippen molar-refractivity contribution in [3.05, 3.63) is 144 Å². The molecule has 7 aromatic heterocycles. The van der Waals surface area contributed by atoms with Crippen LogP contribution in [0.25, 0.3) is 28.1 Å². The highest BCUT2D eigenvalue weighted by Crippen LogP contribution is 2.29. The zero-order valence-electron chi connectivity index (χ0n) is 32.2. The van der Waals surface area contributed by atoms with Crippen LogP contribution in [0, 0.1) is 0 Å². The molecule has 10 rings (SSSR count). The second-order valence-electron chi connectivity index (χ2n) is 12.9. The minimum absolute atomic E-state index is 0.0637. The molecule has 9 aromatic rings. The number of imidazole rings is 4. The van der Waals surface area contributed by atoms with E-state index in [0.717, 1.165) is 30.3 Å². The number of hydrogen-bond donors (Lipinski definition) is 6. The van der Waals surface area contributed by atoms with Crippen LogP contribution in [-0.2, 0) is 9.59 Å². The topological polar surface area (TPSA) is 273 Å². The predicted molar refractivity (Wildman–Crippen MR) is 226 cm³/mol. The molecule has 1 fully saturated rings. The van der Waals surface area contributed by atoms with Gasteiger partial charge in [0.15, 0.2) is 12.1 Å². The number of nitrogens with one attached hydrogen (secondary N) is 2.